The highest BCUT2D eigenvalue weighted by atomic mass is 16.5. The number of pyridine rings is 1. The lowest BCUT2D eigenvalue weighted by molar-refractivity contribution is -0.733. The van der Waals surface area contributed by atoms with Gasteiger partial charge in [-0.15, -0.1) is 0 Å². The lowest BCUT2D eigenvalue weighted by Gasteiger charge is -2.01. The van der Waals surface area contributed by atoms with Gasteiger partial charge in [0, 0.05) is 11.1 Å². The first kappa shape index (κ1) is 11.2. The number of hydrogen-bond acceptors (Lipinski definition) is 1. The lowest BCUT2D eigenvalue weighted by atomic mass is 10.2. The van der Waals surface area contributed by atoms with Crippen molar-refractivity contribution in [3.63, 3.8) is 0 Å². The number of aryl methyl sites for hydroxylation is 2. The van der Waals surface area contributed by atoms with E-state index in [0.29, 0.717) is 6.73 Å². The van der Waals surface area contributed by atoms with E-state index >= 15 is 0 Å². The summed E-state index contributed by atoms with van der Waals surface area (Å²) in [6, 6.07) is 2.17. The predicted molar refractivity (Wildman–Crippen MR) is 57.0 cm³/mol. The molecular formula is C12H20NO+. The van der Waals surface area contributed by atoms with E-state index in [0.717, 1.165) is 13.0 Å². The normalized spacial score (nSPS) is 10.5. The Labute approximate surface area is 86.5 Å². The van der Waals surface area contributed by atoms with Crippen LogP contribution in [0.15, 0.2) is 18.5 Å². The Morgan fingerprint density at radius 1 is 1.21 bits per heavy atom. The molecule has 0 N–H and O–H groups in total. The van der Waals surface area contributed by atoms with Gasteiger partial charge in [-0.1, -0.05) is 13.3 Å². The highest BCUT2D eigenvalue weighted by Crippen LogP contribution is 1.97. The van der Waals surface area contributed by atoms with Gasteiger partial charge in [-0.25, -0.2) is 0 Å². The maximum Gasteiger partial charge on any atom is 0.252 e. The monoisotopic (exact) mass is 194 g/mol. The summed E-state index contributed by atoms with van der Waals surface area (Å²) >= 11 is 0. The van der Waals surface area contributed by atoms with Crippen LogP contribution in [0.1, 0.15) is 30.9 Å². The number of ether oxygens (including phenoxy) is 1. The third-order valence-corrected chi connectivity index (χ3v) is 2.08. The number of nitrogens with zero attached hydrogens (tertiary/aromatic N) is 1. The van der Waals surface area contributed by atoms with Crippen molar-refractivity contribution in [2.75, 3.05) is 6.61 Å². The number of unbranched alkanes of at least 4 members (excludes halogenated alkanes) is 1. The van der Waals surface area contributed by atoms with E-state index in [9.17, 15) is 0 Å². The van der Waals surface area contributed by atoms with Crippen LogP contribution in [-0.2, 0) is 11.5 Å². The number of rotatable bonds is 5. The Bertz CT molecular complexity index is 263. The summed E-state index contributed by atoms with van der Waals surface area (Å²) in [6.07, 6.45) is 6.56. The molecule has 0 unspecified atom stereocenters. The molecule has 0 saturated carbocycles. The smallest absolute Gasteiger partial charge is 0.252 e. The average Bonchev–Trinajstić information content (AvgIpc) is 2.11. The molecule has 0 aliphatic carbocycles. The van der Waals surface area contributed by atoms with Crippen molar-refractivity contribution in [1.82, 2.24) is 0 Å². The van der Waals surface area contributed by atoms with E-state index in [1.807, 2.05) is 0 Å². The van der Waals surface area contributed by atoms with Gasteiger partial charge in [0.15, 0.2) is 12.4 Å². The Morgan fingerprint density at radius 2 is 1.86 bits per heavy atom. The fraction of sp³-hybridized carbons (Fsp3) is 0.583. The fourth-order valence-corrected chi connectivity index (χ4v) is 1.48. The number of aromatic nitrogens is 1. The molecule has 0 fully saturated rings. The summed E-state index contributed by atoms with van der Waals surface area (Å²) in [5.41, 5.74) is 2.56. The molecule has 2 nitrogen and oxygen atoms in total. The van der Waals surface area contributed by atoms with Crippen molar-refractivity contribution in [2.24, 2.45) is 0 Å². The molecule has 1 heterocycles. The second-order valence-corrected chi connectivity index (χ2v) is 3.80. The van der Waals surface area contributed by atoms with Crippen LogP contribution < -0.4 is 4.57 Å². The van der Waals surface area contributed by atoms with Gasteiger partial charge < -0.3 is 4.74 Å². The zero-order chi connectivity index (χ0) is 10.4. The first-order chi connectivity index (χ1) is 6.72. The van der Waals surface area contributed by atoms with E-state index in [-0.39, 0.29) is 0 Å². The molecule has 78 valence electrons. The molecule has 14 heavy (non-hydrogen) atoms. The standard InChI is InChI=1S/C12H20NO/c1-4-5-6-14-10-13-8-11(2)7-12(3)9-13/h7-9H,4-6,10H2,1-3H3/q+1. The molecule has 0 saturated heterocycles. The minimum atomic E-state index is 0.669. The van der Waals surface area contributed by atoms with Crippen LogP contribution in [0.4, 0.5) is 0 Å². The first-order valence-electron chi connectivity index (χ1n) is 5.27. The third-order valence-electron chi connectivity index (χ3n) is 2.08. The lowest BCUT2D eigenvalue weighted by Crippen LogP contribution is -2.35. The van der Waals surface area contributed by atoms with Crippen LogP contribution >= 0.6 is 0 Å². The zero-order valence-electron chi connectivity index (χ0n) is 9.42. The SMILES string of the molecule is CCCCOC[n+]1cc(C)cc(C)c1. The summed E-state index contributed by atoms with van der Waals surface area (Å²) in [5.74, 6) is 0. The Kier molecular flexibility index (Phi) is 4.60. The van der Waals surface area contributed by atoms with Gasteiger partial charge in [-0.05, 0) is 26.3 Å². The second kappa shape index (κ2) is 5.76. The maximum absolute atomic E-state index is 5.53. The van der Waals surface area contributed by atoms with E-state index < -0.39 is 0 Å². The van der Waals surface area contributed by atoms with E-state index in [4.69, 9.17) is 4.74 Å². The van der Waals surface area contributed by atoms with Gasteiger partial charge in [-0.3, -0.25) is 0 Å². The van der Waals surface area contributed by atoms with Gasteiger partial charge >= 0.3 is 0 Å². The van der Waals surface area contributed by atoms with Crippen molar-refractivity contribution in [1.29, 1.82) is 0 Å². The van der Waals surface area contributed by atoms with Crippen LogP contribution in [0.5, 0.6) is 0 Å². The minimum absolute atomic E-state index is 0.669. The molecule has 0 spiro atoms. The maximum atomic E-state index is 5.53. The summed E-state index contributed by atoms with van der Waals surface area (Å²) in [4.78, 5) is 0. The molecule has 0 aliphatic rings. The Morgan fingerprint density at radius 3 is 2.43 bits per heavy atom. The zero-order valence-corrected chi connectivity index (χ0v) is 9.42. The third kappa shape index (κ3) is 3.88. The highest BCUT2D eigenvalue weighted by Gasteiger charge is 2.01. The molecule has 0 atom stereocenters. The van der Waals surface area contributed by atoms with Crippen LogP contribution in [0.2, 0.25) is 0 Å². The summed E-state index contributed by atoms with van der Waals surface area (Å²) in [5, 5.41) is 0. The van der Waals surface area contributed by atoms with E-state index in [2.05, 4.69) is 43.8 Å². The Balaban J connectivity index is 2.42. The van der Waals surface area contributed by atoms with Crippen molar-refractivity contribution >= 4 is 0 Å². The predicted octanol–water partition coefficient (Wildman–Crippen LogP) is 2.37. The van der Waals surface area contributed by atoms with Crippen LogP contribution in [0.25, 0.3) is 0 Å². The van der Waals surface area contributed by atoms with Gasteiger partial charge in [-0.2, -0.15) is 4.57 Å². The van der Waals surface area contributed by atoms with Crippen molar-refractivity contribution in [3.05, 3.63) is 29.6 Å². The Hall–Kier alpha value is -0.890. The molecular weight excluding hydrogens is 174 g/mol. The topological polar surface area (TPSA) is 13.1 Å². The summed E-state index contributed by atoms with van der Waals surface area (Å²) in [7, 11) is 0. The van der Waals surface area contributed by atoms with Gasteiger partial charge in [0.1, 0.15) is 0 Å². The van der Waals surface area contributed by atoms with E-state index in [1.165, 1.54) is 17.5 Å². The van der Waals surface area contributed by atoms with Crippen LogP contribution in [0.3, 0.4) is 0 Å². The molecule has 0 bridgehead atoms. The average molecular weight is 194 g/mol. The van der Waals surface area contributed by atoms with Crippen molar-refractivity contribution in [3.8, 4) is 0 Å². The van der Waals surface area contributed by atoms with Gasteiger partial charge in [0.2, 0.25) is 0 Å². The molecule has 1 rings (SSSR count). The highest BCUT2D eigenvalue weighted by molar-refractivity contribution is 5.11. The van der Waals surface area contributed by atoms with Gasteiger partial charge in [0.05, 0.1) is 6.61 Å². The molecule has 0 aromatic carbocycles. The molecule has 2 heteroatoms. The molecule has 0 amide bonds. The number of hydrogen-bond donors (Lipinski definition) is 0. The molecule has 0 radical (unpaired) electrons. The second-order valence-electron chi connectivity index (χ2n) is 3.80. The first-order valence-corrected chi connectivity index (χ1v) is 5.27. The molecule has 0 aliphatic heterocycles. The largest absolute Gasteiger partial charge is 0.323 e. The van der Waals surface area contributed by atoms with Gasteiger partial charge in [0.25, 0.3) is 6.73 Å². The minimum Gasteiger partial charge on any atom is -0.323 e. The fourth-order valence-electron chi connectivity index (χ4n) is 1.48. The summed E-state index contributed by atoms with van der Waals surface area (Å²) in [6.45, 7) is 7.91. The molecule has 1 aromatic heterocycles. The van der Waals surface area contributed by atoms with E-state index in [1.54, 1.807) is 0 Å². The van der Waals surface area contributed by atoms with Crippen LogP contribution in [-0.4, -0.2) is 6.61 Å². The van der Waals surface area contributed by atoms with Crippen molar-refractivity contribution < 1.29 is 9.30 Å². The quantitative estimate of drug-likeness (QED) is 0.518. The van der Waals surface area contributed by atoms with Crippen molar-refractivity contribution in [2.45, 2.75) is 40.3 Å². The van der Waals surface area contributed by atoms with Crippen LogP contribution in [0, 0.1) is 13.8 Å². The summed E-state index contributed by atoms with van der Waals surface area (Å²) < 4.78 is 7.63. The molecule has 1 aromatic rings.